The van der Waals surface area contributed by atoms with E-state index in [1.165, 1.54) is 34.6 Å². The molecule has 3 rings (SSSR count). The highest BCUT2D eigenvalue weighted by atomic mass is 35.5. The highest BCUT2D eigenvalue weighted by Gasteiger charge is 2.67. The van der Waals surface area contributed by atoms with Gasteiger partial charge in [0.15, 0.2) is 12.2 Å². The van der Waals surface area contributed by atoms with Gasteiger partial charge in [-0.2, -0.15) is 0 Å². The Balaban J connectivity index is 2.49. The Labute approximate surface area is 274 Å². The summed E-state index contributed by atoms with van der Waals surface area (Å²) >= 11 is 6.90. The van der Waals surface area contributed by atoms with E-state index in [1.54, 1.807) is 26.8 Å². The molecule has 10 atom stereocenters. The van der Waals surface area contributed by atoms with Gasteiger partial charge in [0.2, 0.25) is 0 Å². The molecule has 3 aliphatic rings. The highest BCUT2D eigenvalue weighted by molar-refractivity contribution is 6.23. The van der Waals surface area contributed by atoms with Gasteiger partial charge in [-0.1, -0.05) is 39.3 Å². The van der Waals surface area contributed by atoms with Gasteiger partial charge in [-0.05, 0) is 19.8 Å². The van der Waals surface area contributed by atoms with Crippen molar-refractivity contribution in [3.8, 4) is 0 Å². The van der Waals surface area contributed by atoms with Crippen molar-refractivity contribution in [1.82, 2.24) is 0 Å². The third-order valence-electron chi connectivity index (χ3n) is 9.04. The normalized spacial score (nSPS) is 35.4. The maximum atomic E-state index is 13.2. The molecule has 1 fully saturated rings. The molecule has 256 valence electrons. The maximum Gasteiger partial charge on any atom is 0.334 e. The smallest absolute Gasteiger partial charge is 0.334 e. The van der Waals surface area contributed by atoms with E-state index in [-0.39, 0.29) is 29.9 Å². The second-order valence-corrected chi connectivity index (χ2v) is 13.5. The first-order valence-electron chi connectivity index (χ1n) is 15.4. The number of esters is 6. The van der Waals surface area contributed by atoms with Gasteiger partial charge < -0.3 is 28.4 Å². The van der Waals surface area contributed by atoms with Gasteiger partial charge in [-0.3, -0.25) is 24.0 Å². The summed E-state index contributed by atoms with van der Waals surface area (Å²) in [5, 5.41) is -0.881. The summed E-state index contributed by atoms with van der Waals surface area (Å²) in [6.45, 7) is 15.1. The Morgan fingerprint density at radius 1 is 0.913 bits per heavy atom. The van der Waals surface area contributed by atoms with Gasteiger partial charge in [-0.25, -0.2) is 4.79 Å². The van der Waals surface area contributed by atoms with Crippen LogP contribution in [0.2, 0.25) is 0 Å². The standard InChI is InChI=1S/C33H45ClO12/c1-14(2)13-23(39)45-30-27(42-19(7)36)17(5)25-28(43-20(8)37)24-16(4)32(40)46-29(24)26(34)15(3)11-12-22(41-18(6)35)33(25,10)31(30)44-21(9)38/h11,14,17,22,25-31H,12-13H2,1-10H3/b15-11-/t17?,22-,25-,26+,27+,28+,29-,30+,31+,33?/m1/s1. The van der Waals surface area contributed by atoms with Gasteiger partial charge in [0.25, 0.3) is 0 Å². The molecule has 0 radical (unpaired) electrons. The first-order valence-corrected chi connectivity index (χ1v) is 15.8. The lowest BCUT2D eigenvalue weighted by Gasteiger charge is -2.58. The molecule has 0 aromatic heterocycles. The molecule has 0 N–H and O–H groups in total. The topological polar surface area (TPSA) is 158 Å². The number of hydrogen-bond donors (Lipinski definition) is 0. The van der Waals surface area contributed by atoms with Crippen LogP contribution in [0.15, 0.2) is 22.8 Å². The van der Waals surface area contributed by atoms with E-state index in [0.29, 0.717) is 5.57 Å². The molecule has 1 saturated carbocycles. The first-order chi connectivity index (χ1) is 21.3. The molecule has 12 nitrogen and oxygen atoms in total. The van der Waals surface area contributed by atoms with Crippen molar-refractivity contribution in [1.29, 1.82) is 0 Å². The number of carbonyl (C=O) groups excluding carboxylic acids is 6. The van der Waals surface area contributed by atoms with Crippen molar-refractivity contribution in [3.05, 3.63) is 22.8 Å². The van der Waals surface area contributed by atoms with E-state index in [9.17, 15) is 28.8 Å². The summed E-state index contributed by atoms with van der Waals surface area (Å²) in [5.41, 5.74) is -0.487. The SMILES string of the molecule is CC(=O)O[C@H]1C2=C(C)C(=O)O[C@H]2[C@@H](Cl)/C(C)=C\C[C@@H](OC(C)=O)C2(C)[C@@H]1C(C)[C@H](OC(C)=O)[C@H](OC(=O)CC(C)C)[C@@H]2OC(C)=O. The van der Waals surface area contributed by atoms with Crippen LogP contribution in [0.5, 0.6) is 0 Å². The Kier molecular flexibility index (Phi) is 11.7. The average Bonchev–Trinajstić information content (AvgIpc) is 3.21. The van der Waals surface area contributed by atoms with Crippen LogP contribution in [0.4, 0.5) is 0 Å². The van der Waals surface area contributed by atoms with Gasteiger partial charge >= 0.3 is 35.8 Å². The highest BCUT2D eigenvalue weighted by Crippen LogP contribution is 2.56. The van der Waals surface area contributed by atoms with Crippen LogP contribution < -0.4 is 0 Å². The number of carbonyl (C=O) groups is 6. The lowest BCUT2D eigenvalue weighted by Crippen LogP contribution is -2.69. The molecule has 46 heavy (non-hydrogen) atoms. The fourth-order valence-corrected chi connectivity index (χ4v) is 7.44. The summed E-state index contributed by atoms with van der Waals surface area (Å²) in [5.74, 6) is -6.03. The minimum atomic E-state index is -1.50. The van der Waals surface area contributed by atoms with Crippen LogP contribution in [-0.4, -0.2) is 77.8 Å². The molecule has 2 unspecified atom stereocenters. The van der Waals surface area contributed by atoms with Crippen LogP contribution >= 0.6 is 11.6 Å². The molecule has 0 saturated heterocycles. The number of ether oxygens (including phenoxy) is 6. The monoisotopic (exact) mass is 668 g/mol. The number of alkyl halides is 1. The Bertz CT molecular complexity index is 1320. The summed E-state index contributed by atoms with van der Waals surface area (Å²) in [6.07, 6.45) is -5.58. The Hall–Kier alpha value is -3.41. The largest absolute Gasteiger partial charge is 0.461 e. The maximum absolute atomic E-state index is 13.2. The molecule has 13 heteroatoms. The summed E-state index contributed by atoms with van der Waals surface area (Å²) in [6, 6.07) is 0. The molecule has 0 bridgehead atoms. The van der Waals surface area contributed by atoms with Crippen molar-refractivity contribution >= 4 is 47.4 Å². The zero-order valence-electron chi connectivity index (χ0n) is 28.0. The van der Waals surface area contributed by atoms with Crippen molar-refractivity contribution in [2.45, 2.75) is 124 Å². The fourth-order valence-electron chi connectivity index (χ4n) is 7.16. The second kappa shape index (κ2) is 14.6. The predicted octanol–water partition coefficient (Wildman–Crippen LogP) is 4.14. The fraction of sp³-hybridized carbons (Fsp3) is 0.697. The molecule has 1 aliphatic heterocycles. The quantitative estimate of drug-likeness (QED) is 0.165. The third-order valence-corrected chi connectivity index (χ3v) is 9.61. The minimum Gasteiger partial charge on any atom is -0.461 e. The van der Waals surface area contributed by atoms with Crippen LogP contribution in [0.25, 0.3) is 0 Å². The van der Waals surface area contributed by atoms with Gasteiger partial charge in [0, 0.05) is 63.5 Å². The number of rotatable bonds is 7. The van der Waals surface area contributed by atoms with Crippen LogP contribution in [0.1, 0.15) is 82.1 Å². The molecule has 2 aliphatic carbocycles. The molecule has 0 aromatic carbocycles. The summed E-state index contributed by atoms with van der Waals surface area (Å²) in [7, 11) is 0. The number of halogens is 1. The van der Waals surface area contributed by atoms with Gasteiger partial charge in [0.1, 0.15) is 24.4 Å². The molecule has 0 amide bonds. The lowest BCUT2D eigenvalue weighted by molar-refractivity contribution is -0.260. The van der Waals surface area contributed by atoms with E-state index in [1.807, 2.05) is 13.8 Å². The van der Waals surface area contributed by atoms with Crippen LogP contribution in [0, 0.1) is 23.2 Å². The van der Waals surface area contributed by atoms with E-state index in [0.717, 1.165) is 0 Å². The first kappa shape index (κ1) is 37.1. The number of fused-ring (bicyclic) bond motifs is 2. The summed E-state index contributed by atoms with van der Waals surface area (Å²) < 4.78 is 35.5. The summed E-state index contributed by atoms with van der Waals surface area (Å²) in [4.78, 5) is 77.2. The lowest BCUT2D eigenvalue weighted by atomic mass is 9.53. The van der Waals surface area contributed by atoms with Crippen molar-refractivity contribution in [2.24, 2.45) is 23.2 Å². The zero-order valence-corrected chi connectivity index (χ0v) is 28.8. The minimum absolute atomic E-state index is 0.0142. The average molecular weight is 669 g/mol. The number of hydrogen-bond acceptors (Lipinski definition) is 12. The van der Waals surface area contributed by atoms with Gasteiger partial charge in [-0.15, -0.1) is 11.6 Å². The van der Waals surface area contributed by atoms with Crippen LogP contribution in [0.3, 0.4) is 0 Å². The van der Waals surface area contributed by atoms with E-state index in [4.69, 9.17) is 40.0 Å². The molecular formula is C33H45ClO12. The predicted molar refractivity (Wildman–Crippen MR) is 163 cm³/mol. The van der Waals surface area contributed by atoms with Crippen molar-refractivity contribution in [3.63, 3.8) is 0 Å². The zero-order chi connectivity index (χ0) is 34.8. The van der Waals surface area contributed by atoms with E-state index in [2.05, 4.69) is 0 Å². The second-order valence-electron chi connectivity index (χ2n) is 13.0. The Morgan fingerprint density at radius 3 is 2.00 bits per heavy atom. The van der Waals surface area contributed by atoms with Gasteiger partial charge in [0.05, 0.1) is 10.8 Å². The van der Waals surface area contributed by atoms with E-state index < -0.39 is 95.1 Å². The molecular weight excluding hydrogens is 624 g/mol. The third kappa shape index (κ3) is 7.58. The Morgan fingerprint density at radius 2 is 1.48 bits per heavy atom. The molecule has 1 heterocycles. The van der Waals surface area contributed by atoms with Crippen molar-refractivity contribution < 1.29 is 57.2 Å². The molecule has 0 spiro atoms. The van der Waals surface area contributed by atoms with E-state index >= 15 is 0 Å². The van der Waals surface area contributed by atoms with Crippen LogP contribution in [-0.2, 0) is 57.2 Å². The molecule has 0 aromatic rings. The van der Waals surface area contributed by atoms with Crippen molar-refractivity contribution in [2.75, 3.05) is 0 Å².